The molecule has 2 aliphatic rings. The van der Waals surface area contributed by atoms with Crippen LogP contribution in [0.4, 0.5) is 0 Å². The number of fused-ring (bicyclic) bond motifs is 1. The second kappa shape index (κ2) is 3.77. The largest absolute Gasteiger partial charge is 0.388 e. The molecule has 2 fully saturated rings. The monoisotopic (exact) mass is 202 g/mol. The molecule has 4 heteroatoms. The highest BCUT2D eigenvalue weighted by molar-refractivity contribution is 5.02. The van der Waals surface area contributed by atoms with Gasteiger partial charge in [-0.05, 0) is 13.3 Å². The molecule has 0 spiro atoms. The first kappa shape index (κ1) is 10.4. The Balaban J connectivity index is 2.01. The van der Waals surface area contributed by atoms with Crippen LogP contribution >= 0.6 is 0 Å². The van der Waals surface area contributed by atoms with Gasteiger partial charge in [-0.3, -0.25) is 0 Å². The van der Waals surface area contributed by atoms with Crippen LogP contribution in [-0.2, 0) is 14.2 Å². The third kappa shape index (κ3) is 1.56. The minimum atomic E-state index is -0.493. The Kier molecular flexibility index (Phi) is 2.79. The molecule has 2 aliphatic heterocycles. The molecule has 1 N–H and O–H groups in total. The van der Waals surface area contributed by atoms with Gasteiger partial charge in [0.25, 0.3) is 0 Å². The molecule has 82 valence electrons. The SMILES string of the molecule is CCCO[C@@]1(C)CO[C@@H]2[C@H](O)CO[C@@H]21. The third-order valence-electron chi connectivity index (χ3n) is 2.92. The van der Waals surface area contributed by atoms with Crippen LogP contribution in [0.15, 0.2) is 0 Å². The van der Waals surface area contributed by atoms with Crippen molar-refractivity contribution in [3.05, 3.63) is 0 Å². The lowest BCUT2D eigenvalue weighted by Crippen LogP contribution is -2.43. The van der Waals surface area contributed by atoms with E-state index in [1.807, 2.05) is 6.92 Å². The summed E-state index contributed by atoms with van der Waals surface area (Å²) in [5.41, 5.74) is -0.377. The molecular formula is C10H18O4. The Hall–Kier alpha value is -0.160. The van der Waals surface area contributed by atoms with E-state index in [-0.39, 0.29) is 17.8 Å². The molecule has 0 aromatic carbocycles. The highest BCUT2D eigenvalue weighted by atomic mass is 16.6. The Labute approximate surface area is 84.1 Å². The van der Waals surface area contributed by atoms with Gasteiger partial charge in [0.1, 0.15) is 23.9 Å². The zero-order chi connectivity index (χ0) is 10.2. The van der Waals surface area contributed by atoms with Crippen LogP contribution in [0.1, 0.15) is 20.3 Å². The van der Waals surface area contributed by atoms with Crippen molar-refractivity contribution in [2.75, 3.05) is 19.8 Å². The minimum absolute atomic E-state index is 0.107. The molecule has 2 heterocycles. The number of ether oxygens (including phenoxy) is 3. The van der Waals surface area contributed by atoms with E-state index in [1.165, 1.54) is 0 Å². The van der Waals surface area contributed by atoms with E-state index in [0.29, 0.717) is 19.8 Å². The number of aliphatic hydroxyl groups is 1. The third-order valence-corrected chi connectivity index (χ3v) is 2.92. The zero-order valence-electron chi connectivity index (χ0n) is 8.73. The molecule has 0 radical (unpaired) electrons. The average Bonchev–Trinajstić information content (AvgIpc) is 2.68. The Bertz CT molecular complexity index is 208. The molecule has 0 aliphatic carbocycles. The first-order chi connectivity index (χ1) is 6.67. The number of rotatable bonds is 3. The molecule has 2 saturated heterocycles. The first-order valence-corrected chi connectivity index (χ1v) is 5.22. The lowest BCUT2D eigenvalue weighted by Gasteiger charge is -2.28. The van der Waals surface area contributed by atoms with Crippen molar-refractivity contribution in [3.8, 4) is 0 Å². The summed E-state index contributed by atoms with van der Waals surface area (Å²) in [4.78, 5) is 0. The van der Waals surface area contributed by atoms with Crippen LogP contribution < -0.4 is 0 Å². The predicted molar refractivity (Wildman–Crippen MR) is 50.1 cm³/mol. The molecule has 0 aromatic heterocycles. The van der Waals surface area contributed by atoms with E-state index in [1.54, 1.807) is 0 Å². The Morgan fingerprint density at radius 3 is 3.00 bits per heavy atom. The van der Waals surface area contributed by atoms with Crippen LogP contribution in [0.5, 0.6) is 0 Å². The van der Waals surface area contributed by atoms with E-state index in [2.05, 4.69) is 6.92 Å². The number of aliphatic hydroxyl groups excluding tert-OH is 1. The summed E-state index contributed by atoms with van der Waals surface area (Å²) in [6.07, 6.45) is 0.183. The van der Waals surface area contributed by atoms with Gasteiger partial charge < -0.3 is 19.3 Å². The van der Waals surface area contributed by atoms with Gasteiger partial charge in [0.2, 0.25) is 0 Å². The molecule has 0 bridgehead atoms. The van der Waals surface area contributed by atoms with Crippen LogP contribution in [-0.4, -0.2) is 48.8 Å². The van der Waals surface area contributed by atoms with E-state index in [9.17, 15) is 5.11 Å². The van der Waals surface area contributed by atoms with Crippen LogP contribution in [0.25, 0.3) is 0 Å². The molecule has 4 atom stereocenters. The fraction of sp³-hybridized carbons (Fsp3) is 1.00. The molecule has 0 aromatic rings. The van der Waals surface area contributed by atoms with Gasteiger partial charge in [0, 0.05) is 6.61 Å². The maximum Gasteiger partial charge on any atom is 0.117 e. The summed E-state index contributed by atoms with van der Waals surface area (Å²) in [6.45, 7) is 5.65. The van der Waals surface area contributed by atoms with Crippen LogP contribution in [0.2, 0.25) is 0 Å². The van der Waals surface area contributed by atoms with Crippen molar-refractivity contribution in [2.24, 2.45) is 0 Å². The smallest absolute Gasteiger partial charge is 0.117 e. The molecule has 0 unspecified atom stereocenters. The van der Waals surface area contributed by atoms with Crippen molar-refractivity contribution < 1.29 is 19.3 Å². The van der Waals surface area contributed by atoms with Gasteiger partial charge in [-0.1, -0.05) is 6.92 Å². The quantitative estimate of drug-likeness (QED) is 0.716. The van der Waals surface area contributed by atoms with Crippen molar-refractivity contribution >= 4 is 0 Å². The minimum Gasteiger partial charge on any atom is -0.388 e. The topological polar surface area (TPSA) is 47.9 Å². The predicted octanol–water partition coefficient (Wildman–Crippen LogP) is 0.330. The van der Waals surface area contributed by atoms with Gasteiger partial charge in [0.15, 0.2) is 0 Å². The lowest BCUT2D eigenvalue weighted by molar-refractivity contribution is -0.104. The molecular weight excluding hydrogens is 184 g/mol. The second-order valence-corrected chi connectivity index (χ2v) is 4.26. The fourth-order valence-electron chi connectivity index (χ4n) is 2.12. The summed E-state index contributed by atoms with van der Waals surface area (Å²) in [5.74, 6) is 0. The highest BCUT2D eigenvalue weighted by Gasteiger charge is 2.54. The van der Waals surface area contributed by atoms with Gasteiger partial charge >= 0.3 is 0 Å². The van der Waals surface area contributed by atoms with Gasteiger partial charge in [0.05, 0.1) is 13.2 Å². The fourth-order valence-corrected chi connectivity index (χ4v) is 2.12. The van der Waals surface area contributed by atoms with E-state index >= 15 is 0 Å². The highest BCUT2D eigenvalue weighted by Crippen LogP contribution is 2.36. The Morgan fingerprint density at radius 1 is 1.50 bits per heavy atom. The van der Waals surface area contributed by atoms with E-state index in [4.69, 9.17) is 14.2 Å². The number of hydrogen-bond acceptors (Lipinski definition) is 4. The van der Waals surface area contributed by atoms with Crippen molar-refractivity contribution in [1.82, 2.24) is 0 Å². The summed E-state index contributed by atoms with van der Waals surface area (Å²) < 4.78 is 16.7. The standard InChI is InChI=1S/C10H18O4/c1-3-4-14-10(2)6-13-8-7(11)5-12-9(8)10/h7-9,11H,3-6H2,1-2H3/t7-,8-,9+,10+/m1/s1. The molecule has 0 amide bonds. The van der Waals surface area contributed by atoms with Crippen molar-refractivity contribution in [2.45, 2.75) is 44.2 Å². The molecule has 0 saturated carbocycles. The maximum atomic E-state index is 9.55. The molecule has 14 heavy (non-hydrogen) atoms. The summed E-state index contributed by atoms with van der Waals surface area (Å²) in [6, 6.07) is 0. The van der Waals surface area contributed by atoms with Crippen LogP contribution in [0.3, 0.4) is 0 Å². The van der Waals surface area contributed by atoms with Gasteiger partial charge in [-0.25, -0.2) is 0 Å². The normalized spacial score (nSPS) is 46.9. The lowest BCUT2D eigenvalue weighted by atomic mass is 9.98. The first-order valence-electron chi connectivity index (χ1n) is 5.22. The maximum absolute atomic E-state index is 9.55. The van der Waals surface area contributed by atoms with Crippen molar-refractivity contribution in [3.63, 3.8) is 0 Å². The molecule has 2 rings (SSSR count). The summed E-state index contributed by atoms with van der Waals surface area (Å²) >= 11 is 0. The van der Waals surface area contributed by atoms with Crippen molar-refractivity contribution in [1.29, 1.82) is 0 Å². The second-order valence-electron chi connectivity index (χ2n) is 4.26. The summed E-state index contributed by atoms with van der Waals surface area (Å²) in [7, 11) is 0. The van der Waals surface area contributed by atoms with Crippen LogP contribution in [0, 0.1) is 0 Å². The molecule has 4 nitrogen and oxygen atoms in total. The average molecular weight is 202 g/mol. The van der Waals surface area contributed by atoms with E-state index in [0.717, 1.165) is 6.42 Å². The van der Waals surface area contributed by atoms with E-state index < -0.39 is 6.10 Å². The number of hydrogen-bond donors (Lipinski definition) is 1. The zero-order valence-corrected chi connectivity index (χ0v) is 8.73. The summed E-state index contributed by atoms with van der Waals surface area (Å²) in [5, 5.41) is 9.55. The van der Waals surface area contributed by atoms with Gasteiger partial charge in [-0.15, -0.1) is 0 Å². The Morgan fingerprint density at radius 2 is 2.29 bits per heavy atom. The van der Waals surface area contributed by atoms with Gasteiger partial charge in [-0.2, -0.15) is 0 Å².